The third-order valence-corrected chi connectivity index (χ3v) is 4.03. The van der Waals surface area contributed by atoms with E-state index in [0.717, 1.165) is 18.2 Å². The second-order valence-electron chi connectivity index (χ2n) is 5.32. The van der Waals surface area contributed by atoms with Crippen LogP contribution in [0.15, 0.2) is 42.5 Å². The van der Waals surface area contributed by atoms with Crippen molar-refractivity contribution in [2.45, 2.75) is 6.92 Å². The van der Waals surface area contributed by atoms with Gasteiger partial charge >= 0.3 is 0 Å². The Hall–Kier alpha value is -2.60. The summed E-state index contributed by atoms with van der Waals surface area (Å²) in [5.74, 6) is -4.88. The average Bonchev–Trinajstić information content (AvgIpc) is 2.61. The number of pyridine rings is 1. The summed E-state index contributed by atoms with van der Waals surface area (Å²) in [4.78, 5) is 16.9. The Morgan fingerprint density at radius 3 is 2.36 bits per heavy atom. The molecule has 25 heavy (non-hydrogen) atoms. The normalized spacial score (nSPS) is 10.9. The summed E-state index contributed by atoms with van der Waals surface area (Å²) in [6, 6.07) is 9.78. The number of aromatic nitrogens is 1. The molecule has 3 rings (SSSR count). The molecule has 0 radical (unpaired) electrons. The van der Waals surface area contributed by atoms with Crippen LogP contribution in [0.25, 0.3) is 10.9 Å². The number of nitrogens with zero attached hydrogens (tertiary/aromatic N) is 2. The van der Waals surface area contributed by atoms with Gasteiger partial charge in [0.15, 0.2) is 11.6 Å². The molecule has 1 amide bonds. The van der Waals surface area contributed by atoms with Crippen molar-refractivity contribution in [3.05, 3.63) is 65.5 Å². The Balaban J connectivity index is 2.34. The summed E-state index contributed by atoms with van der Waals surface area (Å²) in [7, 11) is 0. The van der Waals surface area contributed by atoms with Crippen molar-refractivity contribution in [3.63, 3.8) is 0 Å². The second-order valence-corrected chi connectivity index (χ2v) is 5.59. The third-order valence-electron chi connectivity index (χ3n) is 3.80. The second kappa shape index (κ2) is 6.72. The van der Waals surface area contributed by atoms with E-state index >= 15 is 0 Å². The van der Waals surface area contributed by atoms with Gasteiger partial charge in [0.2, 0.25) is 5.91 Å². The van der Waals surface area contributed by atoms with E-state index in [4.69, 9.17) is 11.6 Å². The number of hydrogen-bond donors (Lipinski definition) is 0. The van der Waals surface area contributed by atoms with Crippen LogP contribution in [0, 0.1) is 24.4 Å². The van der Waals surface area contributed by atoms with E-state index < -0.39 is 40.7 Å². The molecule has 1 heterocycles. The molecule has 0 bridgehead atoms. The molecule has 0 unspecified atom stereocenters. The van der Waals surface area contributed by atoms with Crippen LogP contribution >= 0.6 is 11.6 Å². The molecule has 0 N–H and O–H groups in total. The van der Waals surface area contributed by atoms with Gasteiger partial charge in [0.05, 0.1) is 5.52 Å². The van der Waals surface area contributed by atoms with Crippen LogP contribution in [-0.4, -0.2) is 16.8 Å². The fourth-order valence-corrected chi connectivity index (χ4v) is 2.72. The molecular formula is C18H12ClF3N2O. The summed E-state index contributed by atoms with van der Waals surface area (Å²) in [6.07, 6.45) is 0. The number of halogens is 4. The van der Waals surface area contributed by atoms with Crippen molar-refractivity contribution in [2.75, 3.05) is 10.8 Å². The Bertz CT molecular complexity index is 958. The highest BCUT2D eigenvalue weighted by molar-refractivity contribution is 6.30. The maximum absolute atomic E-state index is 14.9. The number of rotatable bonds is 3. The number of benzene rings is 2. The summed E-state index contributed by atoms with van der Waals surface area (Å²) in [6.45, 7) is 1.50. The molecular weight excluding hydrogens is 353 g/mol. The fourth-order valence-electron chi connectivity index (χ4n) is 2.60. The highest BCUT2D eigenvalue weighted by Crippen LogP contribution is 2.34. The van der Waals surface area contributed by atoms with E-state index in [-0.39, 0.29) is 5.56 Å². The average molecular weight is 365 g/mol. The molecule has 0 atom stereocenters. The Kier molecular flexibility index (Phi) is 4.63. The fraction of sp³-hybridized carbons (Fsp3) is 0.111. The van der Waals surface area contributed by atoms with Crippen molar-refractivity contribution < 1.29 is 18.0 Å². The highest BCUT2D eigenvalue weighted by Gasteiger charge is 2.29. The summed E-state index contributed by atoms with van der Waals surface area (Å²) in [5, 5.41) is 0.538. The van der Waals surface area contributed by atoms with Gasteiger partial charge in [-0.05, 0) is 30.7 Å². The minimum absolute atomic E-state index is 0.213. The third kappa shape index (κ3) is 2.93. The number of para-hydroxylation sites is 2. The van der Waals surface area contributed by atoms with Crippen molar-refractivity contribution in [1.82, 2.24) is 4.98 Å². The summed E-state index contributed by atoms with van der Waals surface area (Å²) in [5.41, 5.74) is -0.112. The van der Waals surface area contributed by atoms with Crippen LogP contribution in [-0.2, 0) is 4.79 Å². The lowest BCUT2D eigenvalue weighted by molar-refractivity contribution is -0.115. The standard InChI is InChI=1S/C18H12ClF3N2O/c1-10-11-5-2-3-8-14(11)23-18(16(10)22)24(15(25)9-19)17-12(20)6-4-7-13(17)21/h2-8H,9H2,1H3. The molecule has 1 aromatic heterocycles. The lowest BCUT2D eigenvalue weighted by Crippen LogP contribution is -2.30. The zero-order valence-electron chi connectivity index (χ0n) is 13.1. The van der Waals surface area contributed by atoms with Crippen LogP contribution in [0.3, 0.4) is 0 Å². The van der Waals surface area contributed by atoms with Crippen molar-refractivity contribution in [1.29, 1.82) is 0 Å². The van der Waals surface area contributed by atoms with Crippen LogP contribution < -0.4 is 4.90 Å². The SMILES string of the molecule is Cc1c(F)c(N(C(=O)CCl)c2c(F)cccc2F)nc2ccccc12. The van der Waals surface area contributed by atoms with E-state index in [2.05, 4.69) is 4.98 Å². The number of hydrogen-bond acceptors (Lipinski definition) is 2. The molecule has 3 nitrogen and oxygen atoms in total. The minimum atomic E-state index is -1.02. The maximum Gasteiger partial charge on any atom is 0.247 e. The molecule has 0 aliphatic carbocycles. The molecule has 128 valence electrons. The minimum Gasteiger partial charge on any atom is -0.273 e. The first-order valence-corrected chi connectivity index (χ1v) is 7.87. The first-order valence-electron chi connectivity index (χ1n) is 7.33. The van der Waals surface area contributed by atoms with Crippen LogP contribution in [0.2, 0.25) is 0 Å². The zero-order valence-corrected chi connectivity index (χ0v) is 13.8. The van der Waals surface area contributed by atoms with E-state index in [0.29, 0.717) is 15.8 Å². The lowest BCUT2D eigenvalue weighted by atomic mass is 10.1. The molecule has 0 saturated heterocycles. The van der Waals surface area contributed by atoms with Gasteiger partial charge in [-0.25, -0.2) is 18.2 Å². The quantitative estimate of drug-likeness (QED) is 0.621. The Labute approximate surface area is 146 Å². The van der Waals surface area contributed by atoms with Gasteiger partial charge in [-0.2, -0.15) is 0 Å². The van der Waals surface area contributed by atoms with Gasteiger partial charge in [0.1, 0.15) is 23.2 Å². The molecule has 0 aliphatic rings. The van der Waals surface area contributed by atoms with Crippen molar-refractivity contribution in [3.8, 4) is 0 Å². The topological polar surface area (TPSA) is 33.2 Å². The van der Waals surface area contributed by atoms with Crippen LogP contribution in [0.1, 0.15) is 5.56 Å². The van der Waals surface area contributed by atoms with Gasteiger partial charge in [-0.3, -0.25) is 9.69 Å². The Morgan fingerprint density at radius 2 is 1.72 bits per heavy atom. The molecule has 7 heteroatoms. The largest absolute Gasteiger partial charge is 0.273 e. The first kappa shape index (κ1) is 17.2. The van der Waals surface area contributed by atoms with Crippen LogP contribution in [0.5, 0.6) is 0 Å². The van der Waals surface area contributed by atoms with Gasteiger partial charge < -0.3 is 0 Å². The number of alkyl halides is 1. The van der Waals surface area contributed by atoms with E-state index in [1.807, 2.05) is 0 Å². The maximum atomic E-state index is 14.9. The first-order chi connectivity index (χ1) is 12.0. The van der Waals surface area contributed by atoms with Crippen molar-refractivity contribution in [2.24, 2.45) is 0 Å². The molecule has 0 saturated carbocycles. The van der Waals surface area contributed by atoms with Gasteiger partial charge in [0.25, 0.3) is 0 Å². The monoisotopic (exact) mass is 364 g/mol. The number of carbonyl (C=O) groups excluding carboxylic acids is 1. The van der Waals surface area contributed by atoms with E-state index in [1.54, 1.807) is 24.3 Å². The predicted molar refractivity (Wildman–Crippen MR) is 90.7 cm³/mol. The summed E-state index contributed by atoms with van der Waals surface area (Å²) < 4.78 is 43.3. The number of anilines is 2. The van der Waals surface area contributed by atoms with Gasteiger partial charge in [-0.1, -0.05) is 24.3 Å². The van der Waals surface area contributed by atoms with E-state index in [9.17, 15) is 18.0 Å². The zero-order chi connectivity index (χ0) is 18.1. The number of amides is 1. The number of fused-ring (bicyclic) bond motifs is 1. The smallest absolute Gasteiger partial charge is 0.247 e. The van der Waals surface area contributed by atoms with Crippen molar-refractivity contribution >= 4 is 39.9 Å². The molecule has 0 spiro atoms. The number of aryl methyl sites for hydroxylation is 1. The summed E-state index contributed by atoms with van der Waals surface area (Å²) >= 11 is 5.58. The van der Waals surface area contributed by atoms with Crippen LogP contribution in [0.4, 0.5) is 24.7 Å². The van der Waals surface area contributed by atoms with E-state index in [1.165, 1.54) is 6.92 Å². The Morgan fingerprint density at radius 1 is 1.08 bits per heavy atom. The predicted octanol–water partition coefficient (Wildman–Crippen LogP) is 4.86. The van der Waals surface area contributed by atoms with Gasteiger partial charge in [0, 0.05) is 5.39 Å². The molecule has 0 aliphatic heterocycles. The van der Waals surface area contributed by atoms with Gasteiger partial charge in [-0.15, -0.1) is 11.6 Å². The molecule has 0 fully saturated rings. The molecule has 3 aromatic rings. The highest BCUT2D eigenvalue weighted by atomic mass is 35.5. The lowest BCUT2D eigenvalue weighted by Gasteiger charge is -2.23. The molecule has 2 aromatic carbocycles. The number of carbonyl (C=O) groups is 1.